The van der Waals surface area contributed by atoms with Crippen molar-refractivity contribution in [2.45, 2.75) is 25.3 Å². The number of carboxylic acid groups (broad SMARTS) is 1. The lowest BCUT2D eigenvalue weighted by Crippen LogP contribution is -2.38. The van der Waals surface area contributed by atoms with Crippen molar-refractivity contribution in [1.82, 2.24) is 9.47 Å². The van der Waals surface area contributed by atoms with Crippen LogP contribution in [0.3, 0.4) is 0 Å². The van der Waals surface area contributed by atoms with Gasteiger partial charge in [0.2, 0.25) is 0 Å². The maximum Gasteiger partial charge on any atom is 0.335 e. The molecular weight excluding hydrogens is 292 g/mol. The topological polar surface area (TPSA) is 54.7 Å². The average Bonchev–Trinajstić information content (AvgIpc) is 3.35. The normalized spacial score (nSPS) is 19.3. The van der Waals surface area contributed by atoms with Crippen molar-refractivity contribution in [3.63, 3.8) is 0 Å². The fraction of sp³-hybridized carbons (Fsp3) is 0.500. The highest BCUT2D eigenvalue weighted by atomic mass is 16.5. The number of aromatic nitrogens is 1. The molecule has 23 heavy (non-hydrogen) atoms. The highest BCUT2D eigenvalue weighted by Crippen LogP contribution is 2.42. The van der Waals surface area contributed by atoms with Crippen LogP contribution in [0, 0.1) is 0 Å². The molecule has 0 spiro atoms. The molecule has 0 atom stereocenters. The van der Waals surface area contributed by atoms with Crippen molar-refractivity contribution >= 4 is 16.9 Å². The number of carbonyl (C=O) groups is 1. The van der Waals surface area contributed by atoms with E-state index in [0.29, 0.717) is 11.5 Å². The molecular formula is C18H22N2O3. The monoisotopic (exact) mass is 314 g/mol. The Labute approximate surface area is 135 Å². The molecule has 2 heterocycles. The second kappa shape index (κ2) is 5.98. The Bertz CT molecular complexity index is 727. The molecule has 1 N–H and O–H groups in total. The maximum absolute atomic E-state index is 11.2. The molecule has 1 saturated carbocycles. The first-order valence-electron chi connectivity index (χ1n) is 8.39. The van der Waals surface area contributed by atoms with Gasteiger partial charge in [-0.1, -0.05) is 0 Å². The minimum Gasteiger partial charge on any atom is -0.478 e. The van der Waals surface area contributed by atoms with Gasteiger partial charge in [-0.15, -0.1) is 0 Å². The van der Waals surface area contributed by atoms with Gasteiger partial charge in [-0.3, -0.25) is 4.90 Å². The Kier molecular flexibility index (Phi) is 3.83. The van der Waals surface area contributed by atoms with E-state index in [2.05, 4.69) is 15.5 Å². The summed E-state index contributed by atoms with van der Waals surface area (Å²) in [6, 6.07) is 7.67. The zero-order valence-corrected chi connectivity index (χ0v) is 13.2. The van der Waals surface area contributed by atoms with Gasteiger partial charge < -0.3 is 14.4 Å². The molecule has 0 amide bonds. The number of rotatable bonds is 5. The molecule has 2 aliphatic rings. The summed E-state index contributed by atoms with van der Waals surface area (Å²) in [4.78, 5) is 13.6. The molecule has 1 aromatic heterocycles. The summed E-state index contributed by atoms with van der Waals surface area (Å²) in [6.45, 7) is 5.63. The first kappa shape index (κ1) is 14.7. The van der Waals surface area contributed by atoms with Crippen molar-refractivity contribution in [3.05, 3.63) is 35.5 Å². The summed E-state index contributed by atoms with van der Waals surface area (Å²) in [5, 5.41) is 10.2. The largest absolute Gasteiger partial charge is 0.478 e. The molecule has 1 aliphatic carbocycles. The van der Waals surface area contributed by atoms with E-state index in [-0.39, 0.29) is 0 Å². The minimum absolute atomic E-state index is 0.366. The van der Waals surface area contributed by atoms with Crippen LogP contribution in [0.1, 0.15) is 34.8 Å². The van der Waals surface area contributed by atoms with E-state index >= 15 is 0 Å². The van der Waals surface area contributed by atoms with Gasteiger partial charge in [0, 0.05) is 42.8 Å². The Morgan fingerprint density at radius 3 is 2.65 bits per heavy atom. The standard InChI is InChI=1S/C18H22N2O3/c21-18(22)14-3-4-16-15(11-14)12-17(13-1-2-13)20(16)6-5-19-7-9-23-10-8-19/h3-4,11-13H,1-2,5-10H2,(H,21,22). The predicted molar refractivity (Wildman–Crippen MR) is 88.1 cm³/mol. The Morgan fingerprint density at radius 1 is 1.17 bits per heavy atom. The van der Waals surface area contributed by atoms with E-state index in [0.717, 1.165) is 50.3 Å². The predicted octanol–water partition coefficient (Wildman–Crippen LogP) is 2.55. The second-order valence-corrected chi connectivity index (χ2v) is 6.53. The SMILES string of the molecule is O=C(O)c1ccc2c(c1)cc(C1CC1)n2CCN1CCOCC1. The number of nitrogens with zero attached hydrogens (tertiary/aromatic N) is 2. The Balaban J connectivity index is 1.63. The molecule has 0 bridgehead atoms. The van der Waals surface area contributed by atoms with E-state index < -0.39 is 5.97 Å². The summed E-state index contributed by atoms with van der Waals surface area (Å²) >= 11 is 0. The van der Waals surface area contributed by atoms with Gasteiger partial charge in [-0.2, -0.15) is 0 Å². The van der Waals surface area contributed by atoms with Crippen LogP contribution in [0.5, 0.6) is 0 Å². The highest BCUT2D eigenvalue weighted by Gasteiger charge is 2.28. The molecule has 4 rings (SSSR count). The van der Waals surface area contributed by atoms with Crippen LogP contribution in [-0.4, -0.2) is 53.4 Å². The van der Waals surface area contributed by atoms with Crippen molar-refractivity contribution < 1.29 is 14.6 Å². The van der Waals surface area contributed by atoms with E-state index in [1.54, 1.807) is 12.1 Å². The van der Waals surface area contributed by atoms with E-state index in [1.807, 2.05) is 6.07 Å². The number of morpholine rings is 1. The average molecular weight is 314 g/mol. The lowest BCUT2D eigenvalue weighted by molar-refractivity contribution is 0.0364. The third-order valence-corrected chi connectivity index (χ3v) is 4.92. The van der Waals surface area contributed by atoms with Crippen molar-refractivity contribution in [2.75, 3.05) is 32.8 Å². The molecule has 2 aromatic rings. The smallest absolute Gasteiger partial charge is 0.335 e. The summed E-state index contributed by atoms with van der Waals surface area (Å²) < 4.78 is 7.81. The number of aromatic carboxylic acids is 1. The van der Waals surface area contributed by atoms with E-state index in [4.69, 9.17) is 4.74 Å². The fourth-order valence-electron chi connectivity index (χ4n) is 3.46. The number of ether oxygens (including phenoxy) is 1. The molecule has 5 heteroatoms. The van der Waals surface area contributed by atoms with E-state index in [9.17, 15) is 9.90 Å². The molecule has 0 unspecified atom stereocenters. The first-order chi connectivity index (χ1) is 11.2. The van der Waals surface area contributed by atoms with E-state index in [1.165, 1.54) is 18.5 Å². The third-order valence-electron chi connectivity index (χ3n) is 4.92. The first-order valence-corrected chi connectivity index (χ1v) is 8.39. The zero-order valence-electron chi connectivity index (χ0n) is 13.2. The molecule has 122 valence electrons. The fourth-order valence-corrected chi connectivity index (χ4v) is 3.46. The van der Waals surface area contributed by atoms with Gasteiger partial charge >= 0.3 is 5.97 Å². The number of hydrogen-bond acceptors (Lipinski definition) is 3. The van der Waals surface area contributed by atoms with Crippen LogP contribution in [0.25, 0.3) is 10.9 Å². The summed E-state index contributed by atoms with van der Waals surface area (Å²) in [7, 11) is 0. The number of fused-ring (bicyclic) bond motifs is 1. The lowest BCUT2D eigenvalue weighted by atomic mass is 10.1. The van der Waals surface area contributed by atoms with Crippen LogP contribution >= 0.6 is 0 Å². The number of benzene rings is 1. The highest BCUT2D eigenvalue weighted by molar-refractivity contribution is 5.94. The van der Waals surface area contributed by atoms with Crippen molar-refractivity contribution in [3.8, 4) is 0 Å². The summed E-state index contributed by atoms with van der Waals surface area (Å²) in [6.07, 6.45) is 2.50. The van der Waals surface area contributed by atoms with Gasteiger partial charge in [0.05, 0.1) is 18.8 Å². The quantitative estimate of drug-likeness (QED) is 0.921. The second-order valence-electron chi connectivity index (χ2n) is 6.53. The number of hydrogen-bond donors (Lipinski definition) is 1. The van der Waals surface area contributed by atoms with Crippen LogP contribution in [0.2, 0.25) is 0 Å². The molecule has 1 saturated heterocycles. The minimum atomic E-state index is -0.860. The lowest BCUT2D eigenvalue weighted by Gasteiger charge is -2.27. The summed E-state index contributed by atoms with van der Waals surface area (Å²) in [5.74, 6) is -0.207. The molecule has 0 radical (unpaired) electrons. The van der Waals surface area contributed by atoms with Gasteiger partial charge in [0.1, 0.15) is 0 Å². The number of carboxylic acids is 1. The van der Waals surface area contributed by atoms with Crippen LogP contribution in [-0.2, 0) is 11.3 Å². The Hall–Kier alpha value is -1.85. The molecule has 2 fully saturated rings. The zero-order chi connectivity index (χ0) is 15.8. The van der Waals surface area contributed by atoms with Gasteiger partial charge in [0.15, 0.2) is 0 Å². The van der Waals surface area contributed by atoms with Crippen molar-refractivity contribution in [1.29, 1.82) is 0 Å². The maximum atomic E-state index is 11.2. The third kappa shape index (κ3) is 2.99. The van der Waals surface area contributed by atoms with Gasteiger partial charge in [-0.25, -0.2) is 4.79 Å². The molecule has 1 aliphatic heterocycles. The summed E-state index contributed by atoms with van der Waals surface area (Å²) in [5.41, 5.74) is 2.89. The molecule has 5 nitrogen and oxygen atoms in total. The van der Waals surface area contributed by atoms with Gasteiger partial charge in [0.25, 0.3) is 0 Å². The van der Waals surface area contributed by atoms with Crippen LogP contribution < -0.4 is 0 Å². The molecule has 1 aromatic carbocycles. The van der Waals surface area contributed by atoms with Crippen molar-refractivity contribution in [2.24, 2.45) is 0 Å². The van der Waals surface area contributed by atoms with Crippen LogP contribution in [0.15, 0.2) is 24.3 Å². The Morgan fingerprint density at radius 2 is 1.96 bits per heavy atom. The van der Waals surface area contributed by atoms with Gasteiger partial charge in [-0.05, 0) is 43.0 Å². The van der Waals surface area contributed by atoms with Crippen LogP contribution in [0.4, 0.5) is 0 Å².